The van der Waals surface area contributed by atoms with E-state index in [1.165, 1.54) is 12.1 Å². The number of carbonyl (C=O) groups excluding carboxylic acids is 1. The number of anilines is 1. The molecule has 1 aromatic carbocycles. The van der Waals surface area contributed by atoms with Crippen molar-refractivity contribution in [3.8, 4) is 22.6 Å². The predicted octanol–water partition coefficient (Wildman–Crippen LogP) is 4.07. The molecular weight excluding hydrogens is 451 g/mol. The number of rotatable bonds is 8. The first-order valence-electron chi connectivity index (χ1n) is 11.8. The van der Waals surface area contributed by atoms with Gasteiger partial charge in [0.1, 0.15) is 5.82 Å². The van der Waals surface area contributed by atoms with E-state index in [4.69, 9.17) is 14.5 Å². The number of H-pyrrole nitrogens is 1. The zero-order valence-corrected chi connectivity index (χ0v) is 20.4. The molecule has 0 spiro atoms. The van der Waals surface area contributed by atoms with E-state index in [-0.39, 0.29) is 31.0 Å². The number of aromatic nitrogens is 4. The van der Waals surface area contributed by atoms with Crippen LogP contribution in [-0.2, 0) is 14.3 Å². The van der Waals surface area contributed by atoms with Gasteiger partial charge in [-0.2, -0.15) is 0 Å². The van der Waals surface area contributed by atoms with E-state index in [2.05, 4.69) is 32.5 Å². The largest absolute Gasteiger partial charge is 0.354 e. The third-order valence-corrected chi connectivity index (χ3v) is 5.58. The van der Waals surface area contributed by atoms with Gasteiger partial charge in [0.25, 0.3) is 0 Å². The van der Waals surface area contributed by atoms with Gasteiger partial charge in [-0.3, -0.25) is 4.79 Å². The predicted molar refractivity (Wildman–Crippen MR) is 130 cm³/mol. The number of imidazole rings is 1. The number of ether oxygens (including phenoxy) is 2. The van der Waals surface area contributed by atoms with Crippen molar-refractivity contribution in [1.29, 1.82) is 0 Å². The Balaban J connectivity index is 1.64. The van der Waals surface area contributed by atoms with Crippen LogP contribution < -0.4 is 10.6 Å². The van der Waals surface area contributed by atoms with E-state index in [0.717, 1.165) is 13.0 Å². The van der Waals surface area contributed by atoms with E-state index < -0.39 is 11.7 Å². The molecule has 3 heterocycles. The smallest absolute Gasteiger partial charge is 0.230 e. The number of hydrogen-bond acceptors (Lipinski definition) is 7. The number of carbonyl (C=O) groups is 1. The molecule has 2 aromatic heterocycles. The molecule has 0 saturated carbocycles. The zero-order valence-electron chi connectivity index (χ0n) is 20.4. The molecule has 4 rings (SSSR count). The number of nitrogens with zero attached hydrogens (tertiary/aromatic N) is 3. The minimum absolute atomic E-state index is 0.0208. The molecule has 1 aliphatic heterocycles. The van der Waals surface area contributed by atoms with Gasteiger partial charge in [-0.15, -0.1) is 0 Å². The summed E-state index contributed by atoms with van der Waals surface area (Å²) in [7, 11) is 0. The molecule has 1 saturated heterocycles. The summed E-state index contributed by atoms with van der Waals surface area (Å²) in [6, 6.07) is 7.88. The second-order valence-corrected chi connectivity index (χ2v) is 9.19. The molecule has 1 aliphatic rings. The van der Waals surface area contributed by atoms with Crippen LogP contribution in [0.5, 0.6) is 0 Å². The first-order chi connectivity index (χ1) is 16.8. The van der Waals surface area contributed by atoms with E-state index in [9.17, 15) is 9.18 Å². The summed E-state index contributed by atoms with van der Waals surface area (Å²) in [6.07, 6.45) is 1.82. The van der Waals surface area contributed by atoms with Crippen LogP contribution in [0.25, 0.3) is 22.6 Å². The van der Waals surface area contributed by atoms with Gasteiger partial charge in [0.2, 0.25) is 18.1 Å². The summed E-state index contributed by atoms with van der Waals surface area (Å²) in [4.78, 5) is 29.5. The summed E-state index contributed by atoms with van der Waals surface area (Å²) in [5, 5.41) is 6.10. The van der Waals surface area contributed by atoms with Crippen LogP contribution >= 0.6 is 0 Å². The quantitative estimate of drug-likeness (QED) is 0.443. The molecule has 0 atom stereocenters. The van der Waals surface area contributed by atoms with Crippen molar-refractivity contribution in [3.63, 3.8) is 0 Å². The fraction of sp³-hybridized carbons (Fsp3) is 0.440. The van der Waals surface area contributed by atoms with Crippen LogP contribution in [0.15, 0.2) is 36.5 Å². The van der Waals surface area contributed by atoms with Crippen LogP contribution in [0.4, 0.5) is 10.3 Å². The van der Waals surface area contributed by atoms with Gasteiger partial charge < -0.3 is 25.1 Å². The molecule has 1 amide bonds. The highest BCUT2D eigenvalue weighted by molar-refractivity contribution is 5.83. The number of nitrogens with one attached hydrogen (secondary N) is 3. The second kappa shape index (κ2) is 10.5. The Kier molecular flexibility index (Phi) is 7.42. The van der Waals surface area contributed by atoms with Crippen molar-refractivity contribution in [1.82, 2.24) is 25.3 Å². The van der Waals surface area contributed by atoms with Gasteiger partial charge in [-0.1, -0.05) is 6.92 Å². The van der Waals surface area contributed by atoms with Crippen molar-refractivity contribution in [3.05, 3.63) is 48.2 Å². The number of amides is 1. The van der Waals surface area contributed by atoms with Crippen molar-refractivity contribution in [2.24, 2.45) is 5.41 Å². The number of aromatic amines is 1. The van der Waals surface area contributed by atoms with E-state index in [1.807, 2.05) is 20.8 Å². The fourth-order valence-electron chi connectivity index (χ4n) is 3.66. The van der Waals surface area contributed by atoms with Crippen LogP contribution in [0.3, 0.4) is 0 Å². The topological polar surface area (TPSA) is 114 Å². The highest BCUT2D eigenvalue weighted by atomic mass is 19.1. The Hall–Kier alpha value is -3.37. The Morgan fingerprint density at radius 2 is 1.91 bits per heavy atom. The molecule has 1 fully saturated rings. The molecule has 3 aromatic rings. The summed E-state index contributed by atoms with van der Waals surface area (Å²) >= 11 is 0. The van der Waals surface area contributed by atoms with Crippen molar-refractivity contribution < 1.29 is 18.7 Å². The molecule has 3 N–H and O–H groups in total. The van der Waals surface area contributed by atoms with Crippen molar-refractivity contribution in [2.75, 3.05) is 25.1 Å². The van der Waals surface area contributed by atoms with Crippen molar-refractivity contribution >= 4 is 11.9 Å². The Morgan fingerprint density at radius 1 is 1.20 bits per heavy atom. The van der Waals surface area contributed by atoms with Gasteiger partial charge >= 0.3 is 0 Å². The van der Waals surface area contributed by atoms with Gasteiger partial charge in [-0.05, 0) is 57.5 Å². The molecule has 0 bridgehead atoms. The molecular formula is C25H31FN6O3. The van der Waals surface area contributed by atoms with E-state index in [1.54, 1.807) is 24.4 Å². The molecule has 35 heavy (non-hydrogen) atoms. The van der Waals surface area contributed by atoms with Gasteiger partial charge in [-0.25, -0.2) is 19.3 Å². The Morgan fingerprint density at radius 3 is 2.57 bits per heavy atom. The molecule has 186 valence electrons. The molecule has 0 radical (unpaired) electrons. The molecule has 0 unspecified atom stereocenters. The molecule has 0 aliphatic carbocycles. The Bertz CT molecular complexity index is 1160. The normalized spacial score (nSPS) is 20.1. The van der Waals surface area contributed by atoms with Gasteiger partial charge in [0, 0.05) is 24.3 Å². The third-order valence-electron chi connectivity index (χ3n) is 5.58. The van der Waals surface area contributed by atoms with Crippen molar-refractivity contribution in [2.45, 2.75) is 46.4 Å². The number of benzene rings is 1. The molecule has 10 heteroatoms. The lowest BCUT2D eigenvalue weighted by atomic mass is 9.90. The summed E-state index contributed by atoms with van der Waals surface area (Å²) < 4.78 is 25.5. The summed E-state index contributed by atoms with van der Waals surface area (Å²) in [5.41, 5.74) is 1.74. The van der Waals surface area contributed by atoms with Gasteiger partial charge in [0.15, 0.2) is 5.82 Å². The van der Waals surface area contributed by atoms with Crippen LogP contribution in [0, 0.1) is 11.2 Å². The monoisotopic (exact) mass is 482 g/mol. The second-order valence-electron chi connectivity index (χ2n) is 9.19. The maximum atomic E-state index is 13.6. The lowest BCUT2D eigenvalue weighted by Gasteiger charge is -2.35. The highest BCUT2D eigenvalue weighted by Gasteiger charge is 2.41. The number of halogens is 1. The highest BCUT2D eigenvalue weighted by Crippen LogP contribution is 2.35. The first kappa shape index (κ1) is 24.7. The van der Waals surface area contributed by atoms with Gasteiger partial charge in [0.05, 0.1) is 35.7 Å². The SMILES string of the molecule is CCCNc1nccc(-c2[nH]c(C3OCC(C)(C(=O)NC(C)C)CO3)nc2-c2ccc(F)cc2)n1. The average molecular weight is 483 g/mol. The maximum Gasteiger partial charge on any atom is 0.230 e. The average Bonchev–Trinajstić information content (AvgIpc) is 3.29. The molecule has 9 nitrogen and oxygen atoms in total. The lowest BCUT2D eigenvalue weighted by molar-refractivity contribution is -0.231. The summed E-state index contributed by atoms with van der Waals surface area (Å²) in [5.74, 6) is 0.484. The minimum atomic E-state index is -0.803. The third kappa shape index (κ3) is 5.66. The fourth-order valence-corrected chi connectivity index (χ4v) is 3.66. The lowest BCUT2D eigenvalue weighted by Crippen LogP contribution is -2.50. The maximum absolute atomic E-state index is 13.6. The standard InChI is InChI=1S/C25H31FN6O3/c1-5-11-27-24-28-12-10-18(30-24)20-19(16-6-8-17(26)9-7-16)31-21(32-20)22-34-13-25(4,14-35-22)23(33)29-15(2)3/h6-10,12,15,22H,5,11,13-14H2,1-4H3,(H,29,33)(H,31,32)(H,27,28,30). The van der Waals surface area contributed by atoms with Crippen LogP contribution in [0.2, 0.25) is 0 Å². The van der Waals surface area contributed by atoms with E-state index >= 15 is 0 Å². The zero-order chi connectivity index (χ0) is 25.0. The minimum Gasteiger partial charge on any atom is -0.354 e. The van der Waals surface area contributed by atoms with Crippen LogP contribution in [0.1, 0.15) is 46.2 Å². The number of hydrogen-bond donors (Lipinski definition) is 3. The Labute approximate surface area is 203 Å². The van der Waals surface area contributed by atoms with E-state index in [0.29, 0.717) is 34.4 Å². The van der Waals surface area contributed by atoms with Crippen LogP contribution in [-0.4, -0.2) is 51.6 Å². The summed E-state index contributed by atoms with van der Waals surface area (Å²) in [6.45, 7) is 8.79. The first-order valence-corrected chi connectivity index (χ1v) is 11.8.